The van der Waals surface area contributed by atoms with E-state index in [-0.39, 0.29) is 5.39 Å². The number of benzene rings is 2. The molecule has 0 aliphatic rings. The van der Waals surface area contributed by atoms with Crippen LogP contribution < -0.4 is 5.32 Å². The average molecular weight is 357 g/mol. The second kappa shape index (κ2) is 7.55. The Bertz CT molecular complexity index is 721. The zero-order valence-electron chi connectivity index (χ0n) is 14.3. The van der Waals surface area contributed by atoms with Crippen LogP contribution in [0.25, 0.3) is 10.8 Å². The first-order valence-corrected chi connectivity index (χ1v) is 11.2. The zero-order chi connectivity index (χ0) is 17.9. The Morgan fingerprint density at radius 1 is 0.875 bits per heavy atom. The number of anilines is 1. The van der Waals surface area contributed by atoms with Crippen molar-refractivity contribution in [3.05, 3.63) is 41.5 Å². The van der Waals surface area contributed by atoms with Crippen molar-refractivity contribution < 1.29 is 17.6 Å². The molecule has 0 saturated carbocycles. The Hall–Kier alpha value is -1.56. The van der Waals surface area contributed by atoms with Gasteiger partial charge in [0.1, 0.15) is 5.82 Å². The molecule has 0 aliphatic carbocycles. The second-order valence-corrected chi connectivity index (χ2v) is 11.9. The standard InChI is InChI=1S/C18H23F4NSi/c1-4-24(5-2,6-3)10-9-23-15-8-7-13(19)16-12(15)11-14(20)17(21)18(16)22/h7-8,11,23H,4-6,9-10H2,1-3H3. The van der Waals surface area contributed by atoms with Crippen molar-refractivity contribution in [1.29, 1.82) is 0 Å². The fourth-order valence-electron chi connectivity index (χ4n) is 3.27. The van der Waals surface area contributed by atoms with Crippen molar-refractivity contribution in [1.82, 2.24) is 0 Å². The lowest BCUT2D eigenvalue weighted by atomic mass is 10.1. The summed E-state index contributed by atoms with van der Waals surface area (Å²) in [5, 5.41) is 2.68. The third-order valence-electron chi connectivity index (χ3n) is 5.31. The minimum atomic E-state index is -1.65. The summed E-state index contributed by atoms with van der Waals surface area (Å²) in [6, 6.07) is 7.95. The highest BCUT2D eigenvalue weighted by molar-refractivity contribution is 6.79. The summed E-state index contributed by atoms with van der Waals surface area (Å²) in [7, 11) is -1.33. The predicted octanol–water partition coefficient (Wildman–Crippen LogP) is 6.32. The van der Waals surface area contributed by atoms with E-state index >= 15 is 0 Å². The third kappa shape index (κ3) is 3.43. The summed E-state index contributed by atoms with van der Waals surface area (Å²) in [5.74, 6) is -5.34. The summed E-state index contributed by atoms with van der Waals surface area (Å²) in [4.78, 5) is 0. The number of rotatable bonds is 7. The first-order chi connectivity index (χ1) is 11.4. The summed E-state index contributed by atoms with van der Waals surface area (Å²) in [5.41, 5.74) is 0.426. The minimum Gasteiger partial charge on any atom is -0.385 e. The molecular formula is C18H23F4NSi. The van der Waals surface area contributed by atoms with Crippen molar-refractivity contribution >= 4 is 24.5 Å². The Morgan fingerprint density at radius 2 is 1.50 bits per heavy atom. The van der Waals surface area contributed by atoms with Gasteiger partial charge < -0.3 is 5.32 Å². The number of nitrogens with one attached hydrogen (secondary N) is 1. The molecule has 0 amide bonds. The van der Waals surface area contributed by atoms with Crippen LogP contribution in [0.1, 0.15) is 20.8 Å². The fourth-order valence-corrected chi connectivity index (χ4v) is 6.48. The Balaban J connectivity index is 2.32. The van der Waals surface area contributed by atoms with E-state index in [1.807, 2.05) is 0 Å². The molecule has 2 rings (SSSR count). The topological polar surface area (TPSA) is 12.0 Å². The van der Waals surface area contributed by atoms with E-state index < -0.39 is 36.7 Å². The van der Waals surface area contributed by atoms with Crippen molar-refractivity contribution in [2.45, 2.75) is 44.9 Å². The van der Waals surface area contributed by atoms with Gasteiger partial charge >= 0.3 is 0 Å². The highest BCUT2D eigenvalue weighted by atomic mass is 28.3. The summed E-state index contributed by atoms with van der Waals surface area (Å²) < 4.78 is 54.7. The molecule has 132 valence electrons. The van der Waals surface area contributed by atoms with Gasteiger partial charge in [-0.3, -0.25) is 0 Å². The number of halogens is 4. The van der Waals surface area contributed by atoms with Crippen LogP contribution in [0.5, 0.6) is 0 Å². The van der Waals surface area contributed by atoms with Crippen LogP contribution in [0.15, 0.2) is 18.2 Å². The van der Waals surface area contributed by atoms with E-state index in [2.05, 4.69) is 26.1 Å². The molecule has 0 fully saturated rings. The molecule has 2 aromatic carbocycles. The second-order valence-electron chi connectivity index (χ2n) is 6.24. The zero-order valence-corrected chi connectivity index (χ0v) is 15.3. The van der Waals surface area contributed by atoms with E-state index in [0.29, 0.717) is 12.2 Å². The number of hydrogen-bond donors (Lipinski definition) is 1. The number of hydrogen-bond acceptors (Lipinski definition) is 1. The highest BCUT2D eigenvalue weighted by Crippen LogP contribution is 2.32. The first kappa shape index (κ1) is 18.8. The van der Waals surface area contributed by atoms with Crippen LogP contribution in [-0.2, 0) is 0 Å². The molecule has 0 atom stereocenters. The Labute approximate surface area is 141 Å². The van der Waals surface area contributed by atoms with Gasteiger partial charge in [-0.25, -0.2) is 17.6 Å². The lowest BCUT2D eigenvalue weighted by Crippen LogP contribution is -2.33. The van der Waals surface area contributed by atoms with Crippen molar-refractivity contribution in [2.24, 2.45) is 0 Å². The van der Waals surface area contributed by atoms with Crippen molar-refractivity contribution in [3.63, 3.8) is 0 Å². The maximum atomic E-state index is 13.9. The molecule has 0 spiro atoms. The normalized spacial score (nSPS) is 12.0. The van der Waals surface area contributed by atoms with Crippen molar-refractivity contribution in [3.8, 4) is 0 Å². The van der Waals surface area contributed by atoms with Crippen molar-refractivity contribution in [2.75, 3.05) is 11.9 Å². The molecule has 0 unspecified atom stereocenters. The highest BCUT2D eigenvalue weighted by Gasteiger charge is 2.26. The summed E-state index contributed by atoms with van der Waals surface area (Å²) in [6.45, 7) is 7.28. The van der Waals surface area contributed by atoms with Crippen LogP contribution >= 0.6 is 0 Å². The largest absolute Gasteiger partial charge is 0.385 e. The van der Waals surface area contributed by atoms with Crippen LogP contribution in [0, 0.1) is 23.3 Å². The Morgan fingerprint density at radius 3 is 2.08 bits per heavy atom. The molecule has 0 radical (unpaired) electrons. The summed E-state index contributed by atoms with van der Waals surface area (Å²) in [6.07, 6.45) is 0. The van der Waals surface area contributed by atoms with Crippen LogP contribution in [-0.4, -0.2) is 14.6 Å². The Kier molecular flexibility index (Phi) is 5.90. The smallest absolute Gasteiger partial charge is 0.195 e. The fraction of sp³-hybridized carbons (Fsp3) is 0.444. The molecule has 0 saturated heterocycles. The SMILES string of the molecule is CC[Si](CC)(CC)CCNc1ccc(F)c2c(F)c(F)c(F)cc12. The van der Waals surface area contributed by atoms with Gasteiger partial charge in [0.05, 0.1) is 13.5 Å². The predicted molar refractivity (Wildman–Crippen MR) is 94.3 cm³/mol. The molecule has 0 aliphatic heterocycles. The maximum absolute atomic E-state index is 13.9. The maximum Gasteiger partial charge on any atom is 0.195 e. The van der Waals surface area contributed by atoms with Gasteiger partial charge in [0.25, 0.3) is 0 Å². The molecule has 6 heteroatoms. The van der Waals surface area contributed by atoms with Crippen LogP contribution in [0.2, 0.25) is 24.2 Å². The summed E-state index contributed by atoms with van der Waals surface area (Å²) >= 11 is 0. The van der Waals surface area contributed by atoms with Gasteiger partial charge in [-0.1, -0.05) is 38.9 Å². The lowest BCUT2D eigenvalue weighted by molar-refractivity contribution is 0.451. The molecule has 0 heterocycles. The van der Waals surface area contributed by atoms with Crippen LogP contribution in [0.4, 0.5) is 23.2 Å². The van der Waals surface area contributed by atoms with Gasteiger partial charge in [-0.2, -0.15) is 0 Å². The lowest BCUT2D eigenvalue weighted by Gasteiger charge is -2.28. The molecule has 24 heavy (non-hydrogen) atoms. The van der Waals surface area contributed by atoms with Gasteiger partial charge in [-0.05, 0) is 24.2 Å². The van der Waals surface area contributed by atoms with Crippen LogP contribution in [0.3, 0.4) is 0 Å². The van der Waals surface area contributed by atoms with E-state index in [0.717, 1.165) is 18.2 Å². The minimum absolute atomic E-state index is 0.0307. The van der Waals surface area contributed by atoms with Gasteiger partial charge in [0, 0.05) is 17.6 Å². The molecule has 0 aromatic heterocycles. The van der Waals surface area contributed by atoms with E-state index in [4.69, 9.17) is 0 Å². The molecule has 0 bridgehead atoms. The van der Waals surface area contributed by atoms with E-state index in [9.17, 15) is 17.6 Å². The molecule has 1 N–H and O–H groups in total. The molecule has 1 nitrogen and oxygen atoms in total. The van der Waals surface area contributed by atoms with E-state index in [1.165, 1.54) is 24.2 Å². The number of fused-ring (bicyclic) bond motifs is 1. The van der Waals surface area contributed by atoms with Gasteiger partial charge in [0.2, 0.25) is 0 Å². The average Bonchev–Trinajstić information content (AvgIpc) is 2.59. The van der Waals surface area contributed by atoms with Gasteiger partial charge in [-0.15, -0.1) is 0 Å². The monoisotopic (exact) mass is 357 g/mol. The molecular weight excluding hydrogens is 334 g/mol. The third-order valence-corrected chi connectivity index (χ3v) is 11.1. The van der Waals surface area contributed by atoms with Gasteiger partial charge in [0.15, 0.2) is 17.5 Å². The molecule has 2 aromatic rings. The first-order valence-electron chi connectivity index (χ1n) is 8.38. The quantitative estimate of drug-likeness (QED) is 0.347. The van der Waals surface area contributed by atoms with E-state index in [1.54, 1.807) is 0 Å².